The van der Waals surface area contributed by atoms with Gasteiger partial charge in [-0.05, 0) is 6.42 Å². The monoisotopic (exact) mass is 192 g/mol. The molecule has 0 aliphatic carbocycles. The van der Waals surface area contributed by atoms with Crippen LogP contribution in [0.1, 0.15) is 19.8 Å². The van der Waals surface area contributed by atoms with Crippen LogP contribution in [0.25, 0.3) is 0 Å². The molecule has 0 bridgehead atoms. The Labute approximate surface area is 76.6 Å². The van der Waals surface area contributed by atoms with Gasteiger partial charge < -0.3 is 25.2 Å². The fraction of sp³-hybridized carbons (Fsp3) is 1.00. The second-order valence-electron chi connectivity index (χ2n) is 3.33. The summed E-state index contributed by atoms with van der Waals surface area (Å²) < 4.78 is 4.92. The van der Waals surface area contributed by atoms with Crippen LogP contribution in [-0.4, -0.2) is 51.1 Å². The lowest BCUT2D eigenvalue weighted by molar-refractivity contribution is -0.282. The molecule has 5 atom stereocenters. The minimum absolute atomic E-state index is 0.544. The maximum atomic E-state index is 9.41. The van der Waals surface area contributed by atoms with E-state index in [0.29, 0.717) is 6.42 Å². The fourth-order valence-corrected chi connectivity index (χ4v) is 1.45. The lowest BCUT2D eigenvalue weighted by atomic mass is 9.96. The van der Waals surface area contributed by atoms with E-state index in [1.807, 2.05) is 6.92 Å². The third-order valence-corrected chi connectivity index (χ3v) is 2.26. The molecule has 1 heterocycles. The van der Waals surface area contributed by atoms with E-state index in [2.05, 4.69) is 0 Å². The molecule has 5 heteroatoms. The smallest absolute Gasteiger partial charge is 0.183 e. The van der Waals surface area contributed by atoms with E-state index in [0.717, 1.165) is 6.42 Å². The largest absolute Gasteiger partial charge is 0.388 e. The van der Waals surface area contributed by atoms with Crippen LogP contribution in [0, 0.1) is 0 Å². The van der Waals surface area contributed by atoms with Gasteiger partial charge in [-0.25, -0.2) is 0 Å². The zero-order valence-electron chi connectivity index (χ0n) is 7.50. The Kier molecular flexibility index (Phi) is 3.63. The molecule has 0 unspecified atom stereocenters. The highest BCUT2D eigenvalue weighted by Gasteiger charge is 2.42. The lowest BCUT2D eigenvalue weighted by Gasteiger charge is -2.38. The van der Waals surface area contributed by atoms with Crippen molar-refractivity contribution in [1.29, 1.82) is 0 Å². The third-order valence-electron chi connectivity index (χ3n) is 2.26. The number of hydrogen-bond donors (Lipinski definition) is 4. The first-order valence-corrected chi connectivity index (χ1v) is 4.45. The molecule has 1 aliphatic heterocycles. The Morgan fingerprint density at radius 3 is 2.15 bits per heavy atom. The number of ether oxygens (including phenoxy) is 1. The molecule has 1 fully saturated rings. The summed E-state index contributed by atoms with van der Waals surface area (Å²) in [6.45, 7) is 1.90. The molecule has 5 nitrogen and oxygen atoms in total. The van der Waals surface area contributed by atoms with Gasteiger partial charge in [-0.1, -0.05) is 13.3 Å². The number of aliphatic hydroxyl groups excluding tert-OH is 4. The van der Waals surface area contributed by atoms with Crippen molar-refractivity contribution in [3.8, 4) is 0 Å². The van der Waals surface area contributed by atoms with Crippen molar-refractivity contribution in [1.82, 2.24) is 0 Å². The van der Waals surface area contributed by atoms with Gasteiger partial charge in [0.05, 0.1) is 6.10 Å². The van der Waals surface area contributed by atoms with Gasteiger partial charge in [-0.2, -0.15) is 0 Å². The molecule has 1 saturated heterocycles. The molecule has 0 saturated carbocycles. The van der Waals surface area contributed by atoms with E-state index in [1.54, 1.807) is 0 Å². The van der Waals surface area contributed by atoms with Gasteiger partial charge in [0, 0.05) is 0 Å². The van der Waals surface area contributed by atoms with Gasteiger partial charge in [0.15, 0.2) is 6.29 Å². The minimum Gasteiger partial charge on any atom is -0.388 e. The van der Waals surface area contributed by atoms with Crippen molar-refractivity contribution in [3.05, 3.63) is 0 Å². The van der Waals surface area contributed by atoms with Crippen molar-refractivity contribution in [2.75, 3.05) is 0 Å². The first kappa shape index (κ1) is 10.9. The first-order chi connectivity index (χ1) is 6.07. The van der Waals surface area contributed by atoms with Crippen LogP contribution in [0.15, 0.2) is 0 Å². The second kappa shape index (κ2) is 4.34. The van der Waals surface area contributed by atoms with Gasteiger partial charge in [0.25, 0.3) is 0 Å². The van der Waals surface area contributed by atoms with Crippen molar-refractivity contribution in [3.63, 3.8) is 0 Å². The van der Waals surface area contributed by atoms with Crippen LogP contribution in [0.2, 0.25) is 0 Å². The SMILES string of the molecule is CCC[C@H]1O[C@@H](O)[C@H](O)[C@@H](O)[C@@H]1O. The lowest BCUT2D eigenvalue weighted by Crippen LogP contribution is -2.57. The highest BCUT2D eigenvalue weighted by Crippen LogP contribution is 2.22. The van der Waals surface area contributed by atoms with Crippen LogP contribution in [-0.2, 0) is 4.74 Å². The highest BCUT2D eigenvalue weighted by molar-refractivity contribution is 4.88. The van der Waals surface area contributed by atoms with Crippen molar-refractivity contribution < 1.29 is 25.2 Å². The van der Waals surface area contributed by atoms with Crippen molar-refractivity contribution in [2.24, 2.45) is 0 Å². The maximum absolute atomic E-state index is 9.41. The van der Waals surface area contributed by atoms with Crippen molar-refractivity contribution >= 4 is 0 Å². The predicted octanol–water partition coefficient (Wildman–Crippen LogP) is -1.41. The van der Waals surface area contributed by atoms with Crippen LogP contribution < -0.4 is 0 Å². The Hall–Kier alpha value is -0.200. The normalized spacial score (nSPS) is 46.4. The molecule has 1 rings (SSSR count). The van der Waals surface area contributed by atoms with Gasteiger partial charge in [0.1, 0.15) is 18.3 Å². The zero-order chi connectivity index (χ0) is 10.0. The van der Waals surface area contributed by atoms with E-state index >= 15 is 0 Å². The number of aliphatic hydroxyl groups is 4. The number of hydrogen-bond acceptors (Lipinski definition) is 5. The molecular weight excluding hydrogens is 176 g/mol. The van der Waals surface area contributed by atoms with E-state index in [4.69, 9.17) is 14.9 Å². The fourth-order valence-electron chi connectivity index (χ4n) is 1.45. The molecule has 0 aromatic rings. The van der Waals surface area contributed by atoms with Crippen LogP contribution in [0.3, 0.4) is 0 Å². The van der Waals surface area contributed by atoms with Gasteiger partial charge in [0.2, 0.25) is 0 Å². The highest BCUT2D eigenvalue weighted by atomic mass is 16.6. The van der Waals surface area contributed by atoms with Gasteiger partial charge >= 0.3 is 0 Å². The quantitative estimate of drug-likeness (QED) is 0.431. The summed E-state index contributed by atoms with van der Waals surface area (Å²) in [5.74, 6) is 0. The molecule has 0 spiro atoms. The standard InChI is InChI=1S/C8H16O5/c1-2-3-4-5(9)6(10)7(11)8(12)13-4/h4-12H,2-3H2,1H3/t4-,5-,6+,7-,8-/m1/s1. The summed E-state index contributed by atoms with van der Waals surface area (Å²) in [5.41, 5.74) is 0. The summed E-state index contributed by atoms with van der Waals surface area (Å²) in [4.78, 5) is 0. The van der Waals surface area contributed by atoms with Crippen molar-refractivity contribution in [2.45, 2.75) is 50.5 Å². The molecule has 13 heavy (non-hydrogen) atoms. The molecule has 0 aromatic heterocycles. The Balaban J connectivity index is 2.59. The molecule has 1 aliphatic rings. The van der Waals surface area contributed by atoms with Crippen LogP contribution >= 0.6 is 0 Å². The zero-order valence-corrected chi connectivity index (χ0v) is 7.50. The summed E-state index contributed by atoms with van der Waals surface area (Å²) in [6, 6.07) is 0. The Morgan fingerprint density at radius 2 is 1.62 bits per heavy atom. The molecule has 0 aromatic carbocycles. The molecule has 0 radical (unpaired) electrons. The Bertz CT molecular complexity index is 163. The summed E-state index contributed by atoms with van der Waals surface area (Å²) >= 11 is 0. The molecule has 78 valence electrons. The molecule has 0 amide bonds. The number of rotatable bonds is 2. The molecule has 4 N–H and O–H groups in total. The summed E-state index contributed by atoms with van der Waals surface area (Å²) in [7, 11) is 0. The maximum Gasteiger partial charge on any atom is 0.183 e. The van der Waals surface area contributed by atoms with Crippen LogP contribution in [0.5, 0.6) is 0 Å². The predicted molar refractivity (Wildman–Crippen MR) is 43.8 cm³/mol. The average Bonchev–Trinajstić information content (AvgIpc) is 2.11. The Morgan fingerprint density at radius 1 is 1.00 bits per heavy atom. The summed E-state index contributed by atoms with van der Waals surface area (Å²) in [5, 5.41) is 36.9. The van der Waals surface area contributed by atoms with Gasteiger partial charge in [-0.15, -0.1) is 0 Å². The van der Waals surface area contributed by atoms with E-state index in [9.17, 15) is 10.2 Å². The average molecular weight is 192 g/mol. The third kappa shape index (κ3) is 2.18. The summed E-state index contributed by atoms with van der Waals surface area (Å²) in [6.07, 6.45) is -4.57. The van der Waals surface area contributed by atoms with Crippen LogP contribution in [0.4, 0.5) is 0 Å². The van der Waals surface area contributed by atoms with Gasteiger partial charge in [-0.3, -0.25) is 0 Å². The van der Waals surface area contributed by atoms with E-state index in [1.165, 1.54) is 0 Å². The molecular formula is C8H16O5. The first-order valence-electron chi connectivity index (χ1n) is 4.45. The minimum atomic E-state index is -1.43. The van der Waals surface area contributed by atoms with E-state index < -0.39 is 30.7 Å². The van der Waals surface area contributed by atoms with E-state index in [-0.39, 0.29) is 0 Å². The topological polar surface area (TPSA) is 90.2 Å². The second-order valence-corrected chi connectivity index (χ2v) is 3.33.